The molecule has 0 bridgehead atoms. The van der Waals surface area contributed by atoms with Crippen LogP contribution in [0.15, 0.2) is 71.2 Å². The van der Waals surface area contributed by atoms with Crippen LogP contribution < -0.4 is 16.4 Å². The number of urea groups is 1. The van der Waals surface area contributed by atoms with Crippen molar-refractivity contribution in [3.63, 3.8) is 0 Å². The number of anilines is 4. The van der Waals surface area contributed by atoms with Crippen LogP contribution in [0.5, 0.6) is 0 Å². The van der Waals surface area contributed by atoms with E-state index >= 15 is 0 Å². The Morgan fingerprint density at radius 3 is 2.62 bits per heavy atom. The first-order chi connectivity index (χ1) is 18.9. The first-order valence-electron chi connectivity index (χ1n) is 12.8. The molecular formula is C29H29BrN6O3. The van der Waals surface area contributed by atoms with E-state index in [9.17, 15) is 9.59 Å². The highest BCUT2D eigenvalue weighted by Gasteiger charge is 2.29. The molecule has 0 spiro atoms. The monoisotopic (exact) mass is 588 g/mol. The predicted octanol–water partition coefficient (Wildman–Crippen LogP) is 6.19. The van der Waals surface area contributed by atoms with E-state index < -0.39 is 0 Å². The molecular weight excluding hydrogens is 560 g/mol. The standard InChI is InChI=1S/C29H29BrN6O3/c1-2-39-27(37)20-5-4-14-36(17-20)29(38)33-22-11-8-18(9-12-22)19-10-13-25-24(15-19)26(35-28(31)34-25)32-23-7-3-6-21(30)16-23/h3,6-13,15-16,20H,2,4-5,14,17H2,1H3,(H,33,38)(H3,31,32,34,35). The van der Waals surface area contributed by atoms with E-state index in [-0.39, 0.29) is 23.9 Å². The molecule has 5 rings (SSSR count). The number of nitrogens with zero attached hydrogens (tertiary/aromatic N) is 3. The second kappa shape index (κ2) is 11.7. The van der Waals surface area contributed by atoms with E-state index in [0.717, 1.165) is 45.0 Å². The summed E-state index contributed by atoms with van der Waals surface area (Å²) in [5.74, 6) is 0.291. The molecule has 0 saturated carbocycles. The van der Waals surface area contributed by atoms with E-state index in [1.54, 1.807) is 11.8 Å². The number of hydrogen-bond acceptors (Lipinski definition) is 7. The molecule has 2 amide bonds. The van der Waals surface area contributed by atoms with Gasteiger partial charge in [-0.1, -0.05) is 40.2 Å². The van der Waals surface area contributed by atoms with Gasteiger partial charge in [-0.05, 0) is 73.4 Å². The third kappa shape index (κ3) is 6.28. The van der Waals surface area contributed by atoms with Crippen LogP contribution in [0.3, 0.4) is 0 Å². The minimum atomic E-state index is -0.276. The lowest BCUT2D eigenvalue weighted by atomic mass is 9.98. The Morgan fingerprint density at radius 1 is 1.05 bits per heavy atom. The Kier molecular flexibility index (Phi) is 7.92. The van der Waals surface area contributed by atoms with Crippen molar-refractivity contribution in [2.45, 2.75) is 19.8 Å². The summed E-state index contributed by atoms with van der Waals surface area (Å²) >= 11 is 3.49. The number of fused-ring (bicyclic) bond motifs is 1. The molecule has 4 aromatic rings. The molecule has 1 saturated heterocycles. The minimum absolute atomic E-state index is 0.190. The summed E-state index contributed by atoms with van der Waals surface area (Å²) in [5, 5.41) is 7.12. The first kappa shape index (κ1) is 26.4. The average molecular weight is 589 g/mol. The van der Waals surface area contributed by atoms with Crippen molar-refractivity contribution in [1.82, 2.24) is 14.9 Å². The summed E-state index contributed by atoms with van der Waals surface area (Å²) < 4.78 is 6.09. The van der Waals surface area contributed by atoms with Gasteiger partial charge < -0.3 is 26.0 Å². The van der Waals surface area contributed by atoms with Crippen molar-refractivity contribution in [2.24, 2.45) is 5.92 Å². The molecule has 4 N–H and O–H groups in total. The number of ether oxygens (including phenoxy) is 1. The van der Waals surface area contributed by atoms with Crippen molar-refractivity contribution in [3.05, 3.63) is 71.2 Å². The van der Waals surface area contributed by atoms with Gasteiger partial charge in [-0.3, -0.25) is 4.79 Å². The van der Waals surface area contributed by atoms with Gasteiger partial charge in [0.15, 0.2) is 0 Å². The lowest BCUT2D eigenvalue weighted by Gasteiger charge is -2.31. The predicted molar refractivity (Wildman–Crippen MR) is 157 cm³/mol. The number of benzene rings is 3. The summed E-state index contributed by atoms with van der Waals surface area (Å²) in [6, 6.07) is 21.1. The van der Waals surface area contributed by atoms with Gasteiger partial charge in [0.25, 0.3) is 0 Å². The second-order valence-corrected chi connectivity index (χ2v) is 10.3. The first-order valence-corrected chi connectivity index (χ1v) is 13.6. The summed E-state index contributed by atoms with van der Waals surface area (Å²) in [6.45, 7) is 3.10. The highest BCUT2D eigenvalue weighted by Crippen LogP contribution is 2.31. The number of nitrogens with two attached hydrogens (primary N) is 1. The molecule has 1 aromatic heterocycles. The third-order valence-electron chi connectivity index (χ3n) is 6.60. The van der Waals surface area contributed by atoms with Crippen molar-refractivity contribution in [3.8, 4) is 11.1 Å². The number of carbonyl (C=O) groups excluding carboxylic acids is 2. The van der Waals surface area contributed by atoms with Gasteiger partial charge in [-0.15, -0.1) is 0 Å². The Hall–Kier alpha value is -4.18. The Bertz CT molecular complexity index is 1510. The van der Waals surface area contributed by atoms with Crippen molar-refractivity contribution < 1.29 is 14.3 Å². The van der Waals surface area contributed by atoms with Gasteiger partial charge in [-0.2, -0.15) is 4.98 Å². The zero-order valence-electron chi connectivity index (χ0n) is 21.5. The zero-order valence-corrected chi connectivity index (χ0v) is 23.1. The van der Waals surface area contributed by atoms with Crippen LogP contribution in [-0.2, 0) is 9.53 Å². The van der Waals surface area contributed by atoms with Crippen LogP contribution in [0, 0.1) is 5.92 Å². The number of nitrogen functional groups attached to an aromatic ring is 1. The van der Waals surface area contributed by atoms with Gasteiger partial charge in [0, 0.05) is 34.3 Å². The van der Waals surface area contributed by atoms with E-state index in [0.29, 0.717) is 31.2 Å². The third-order valence-corrected chi connectivity index (χ3v) is 7.09. The summed E-state index contributed by atoms with van der Waals surface area (Å²) in [4.78, 5) is 35.5. The number of likely N-dealkylation sites (tertiary alicyclic amines) is 1. The van der Waals surface area contributed by atoms with Crippen LogP contribution >= 0.6 is 15.9 Å². The summed E-state index contributed by atoms with van der Waals surface area (Å²) in [6.07, 6.45) is 1.51. The van der Waals surface area contributed by atoms with Gasteiger partial charge in [0.2, 0.25) is 5.95 Å². The highest BCUT2D eigenvalue weighted by atomic mass is 79.9. The molecule has 39 heavy (non-hydrogen) atoms. The molecule has 1 aliphatic rings. The fourth-order valence-corrected chi connectivity index (χ4v) is 5.09. The zero-order chi connectivity index (χ0) is 27.4. The van der Waals surface area contributed by atoms with E-state index in [4.69, 9.17) is 10.5 Å². The molecule has 0 aliphatic carbocycles. The van der Waals surface area contributed by atoms with E-state index in [2.05, 4.69) is 36.5 Å². The molecule has 1 aliphatic heterocycles. The molecule has 200 valence electrons. The number of carbonyl (C=O) groups is 2. The largest absolute Gasteiger partial charge is 0.466 e. The highest BCUT2D eigenvalue weighted by molar-refractivity contribution is 9.10. The molecule has 0 radical (unpaired) electrons. The van der Waals surface area contributed by atoms with Gasteiger partial charge in [0.05, 0.1) is 18.0 Å². The molecule has 2 heterocycles. The maximum absolute atomic E-state index is 12.9. The van der Waals surface area contributed by atoms with E-state index in [1.165, 1.54) is 0 Å². The van der Waals surface area contributed by atoms with Crippen LogP contribution in [0.1, 0.15) is 19.8 Å². The molecule has 1 unspecified atom stereocenters. The number of aromatic nitrogens is 2. The molecule has 9 nitrogen and oxygen atoms in total. The van der Waals surface area contributed by atoms with Crippen LogP contribution in [0.2, 0.25) is 0 Å². The number of esters is 1. The second-order valence-electron chi connectivity index (χ2n) is 9.34. The number of nitrogens with one attached hydrogen (secondary N) is 2. The maximum Gasteiger partial charge on any atom is 0.321 e. The average Bonchev–Trinajstić information content (AvgIpc) is 2.93. The normalized spacial score (nSPS) is 15.1. The van der Waals surface area contributed by atoms with Crippen LogP contribution in [-0.4, -0.2) is 46.6 Å². The molecule has 1 fully saturated rings. The van der Waals surface area contributed by atoms with Gasteiger partial charge in [-0.25, -0.2) is 9.78 Å². The molecule has 10 heteroatoms. The Morgan fingerprint density at radius 2 is 1.85 bits per heavy atom. The SMILES string of the molecule is CCOC(=O)C1CCCN(C(=O)Nc2ccc(-c3ccc4nc(N)nc(Nc5cccc(Br)c5)c4c3)cc2)C1. The number of hydrogen-bond donors (Lipinski definition) is 3. The smallest absolute Gasteiger partial charge is 0.321 e. The fraction of sp³-hybridized carbons (Fsp3) is 0.241. The van der Waals surface area contributed by atoms with Gasteiger partial charge in [0.1, 0.15) is 5.82 Å². The maximum atomic E-state index is 12.9. The molecule has 3 aromatic carbocycles. The Labute approximate surface area is 234 Å². The van der Waals surface area contributed by atoms with Crippen molar-refractivity contribution >= 4 is 62.0 Å². The lowest BCUT2D eigenvalue weighted by Crippen LogP contribution is -2.44. The fourth-order valence-electron chi connectivity index (χ4n) is 4.69. The number of piperidine rings is 1. The summed E-state index contributed by atoms with van der Waals surface area (Å²) in [7, 11) is 0. The van der Waals surface area contributed by atoms with Crippen molar-refractivity contribution in [1.29, 1.82) is 0 Å². The number of rotatable bonds is 6. The van der Waals surface area contributed by atoms with Gasteiger partial charge >= 0.3 is 12.0 Å². The van der Waals surface area contributed by atoms with Crippen LogP contribution in [0.4, 0.5) is 27.9 Å². The number of amides is 2. The quantitative estimate of drug-likeness (QED) is 0.229. The molecule has 1 atom stereocenters. The topological polar surface area (TPSA) is 122 Å². The van der Waals surface area contributed by atoms with E-state index in [1.807, 2.05) is 66.7 Å². The van der Waals surface area contributed by atoms with Crippen LogP contribution in [0.25, 0.3) is 22.0 Å². The lowest BCUT2D eigenvalue weighted by molar-refractivity contribution is -0.149. The Balaban J connectivity index is 1.32. The summed E-state index contributed by atoms with van der Waals surface area (Å²) in [5.41, 5.74) is 10.2. The minimum Gasteiger partial charge on any atom is -0.466 e. The van der Waals surface area contributed by atoms with Crippen molar-refractivity contribution in [2.75, 3.05) is 36.1 Å². The number of halogens is 1.